The first kappa shape index (κ1) is 9.97. The summed E-state index contributed by atoms with van der Waals surface area (Å²) >= 11 is 0. The molecule has 2 aliphatic rings. The van der Waals surface area contributed by atoms with Crippen LogP contribution in [0.3, 0.4) is 0 Å². The Hall–Kier alpha value is -0.570. The molecule has 14 heavy (non-hydrogen) atoms. The lowest BCUT2D eigenvalue weighted by molar-refractivity contribution is -0.134. The molecule has 0 aromatic rings. The van der Waals surface area contributed by atoms with Crippen molar-refractivity contribution < 1.29 is 4.79 Å². The van der Waals surface area contributed by atoms with E-state index in [9.17, 15) is 4.79 Å². The van der Waals surface area contributed by atoms with Gasteiger partial charge in [-0.25, -0.2) is 0 Å². The predicted octanol–water partition coefficient (Wildman–Crippen LogP) is 0.853. The summed E-state index contributed by atoms with van der Waals surface area (Å²) in [5.74, 6) is 1.28. The average Bonchev–Trinajstić information content (AvgIpc) is 2.74. The van der Waals surface area contributed by atoms with E-state index >= 15 is 0 Å². The molecule has 80 valence electrons. The van der Waals surface area contributed by atoms with Crippen molar-refractivity contribution >= 4 is 5.91 Å². The largest absolute Gasteiger partial charge is 0.341 e. The van der Waals surface area contributed by atoms with Crippen molar-refractivity contribution in [1.82, 2.24) is 10.2 Å². The van der Waals surface area contributed by atoms with E-state index in [1.807, 2.05) is 6.92 Å². The minimum Gasteiger partial charge on any atom is -0.341 e. The van der Waals surface area contributed by atoms with Crippen LogP contribution >= 0.6 is 0 Å². The monoisotopic (exact) mass is 196 g/mol. The van der Waals surface area contributed by atoms with Crippen LogP contribution in [0.15, 0.2) is 0 Å². The lowest BCUT2D eigenvalue weighted by Gasteiger charge is -2.20. The molecule has 0 bridgehead atoms. The number of hydrogen-bond acceptors (Lipinski definition) is 2. The SMILES string of the molecule is CCC(C)C(=O)N1C[C@@H]2CCN[C@@H]2C1. The summed E-state index contributed by atoms with van der Waals surface area (Å²) in [6.45, 7) is 7.18. The Labute approximate surface area is 85.8 Å². The third-order valence-electron chi connectivity index (χ3n) is 3.71. The van der Waals surface area contributed by atoms with Crippen LogP contribution in [-0.4, -0.2) is 36.5 Å². The van der Waals surface area contributed by atoms with Crippen LogP contribution in [0.4, 0.5) is 0 Å². The number of carbonyl (C=O) groups excluding carboxylic acids is 1. The second kappa shape index (κ2) is 3.89. The fraction of sp³-hybridized carbons (Fsp3) is 0.909. The molecule has 2 saturated heterocycles. The molecule has 3 atom stereocenters. The van der Waals surface area contributed by atoms with Gasteiger partial charge in [-0.15, -0.1) is 0 Å². The Bertz CT molecular complexity index is 217. The topological polar surface area (TPSA) is 32.3 Å². The fourth-order valence-electron chi connectivity index (χ4n) is 2.52. The Morgan fingerprint density at radius 1 is 1.57 bits per heavy atom. The van der Waals surface area contributed by atoms with Crippen LogP contribution < -0.4 is 5.32 Å². The lowest BCUT2D eigenvalue weighted by Crippen LogP contribution is -2.36. The third kappa shape index (κ3) is 1.65. The van der Waals surface area contributed by atoms with Gasteiger partial charge in [0.1, 0.15) is 0 Å². The number of carbonyl (C=O) groups is 1. The van der Waals surface area contributed by atoms with E-state index in [0.29, 0.717) is 11.9 Å². The Morgan fingerprint density at radius 3 is 3.00 bits per heavy atom. The molecule has 1 N–H and O–H groups in total. The molecule has 3 nitrogen and oxygen atoms in total. The van der Waals surface area contributed by atoms with E-state index < -0.39 is 0 Å². The van der Waals surface area contributed by atoms with E-state index in [4.69, 9.17) is 0 Å². The van der Waals surface area contributed by atoms with Crippen molar-refractivity contribution in [3.8, 4) is 0 Å². The van der Waals surface area contributed by atoms with Crippen molar-refractivity contribution in [1.29, 1.82) is 0 Å². The molecular weight excluding hydrogens is 176 g/mol. The first-order chi connectivity index (χ1) is 6.72. The van der Waals surface area contributed by atoms with E-state index in [0.717, 1.165) is 32.0 Å². The highest BCUT2D eigenvalue weighted by Crippen LogP contribution is 2.25. The zero-order valence-electron chi connectivity index (χ0n) is 9.12. The maximum atomic E-state index is 11.9. The normalized spacial score (nSPS) is 33.1. The van der Waals surface area contributed by atoms with Crippen LogP contribution in [0.1, 0.15) is 26.7 Å². The summed E-state index contributed by atoms with van der Waals surface area (Å²) in [6.07, 6.45) is 2.20. The summed E-state index contributed by atoms with van der Waals surface area (Å²) < 4.78 is 0. The highest BCUT2D eigenvalue weighted by Gasteiger charge is 2.38. The molecule has 3 heteroatoms. The molecule has 0 spiro atoms. The van der Waals surface area contributed by atoms with E-state index in [-0.39, 0.29) is 5.92 Å². The number of rotatable bonds is 2. The zero-order valence-corrected chi connectivity index (χ0v) is 9.12. The Morgan fingerprint density at radius 2 is 2.36 bits per heavy atom. The number of amides is 1. The first-order valence-corrected chi connectivity index (χ1v) is 5.74. The zero-order chi connectivity index (χ0) is 10.1. The highest BCUT2D eigenvalue weighted by molar-refractivity contribution is 5.78. The average molecular weight is 196 g/mol. The molecule has 2 rings (SSSR count). The standard InChI is InChI=1S/C11H20N2O/c1-3-8(2)11(14)13-6-9-4-5-12-10(9)7-13/h8-10,12H,3-7H2,1-2H3/t8?,9-,10+/m0/s1. The predicted molar refractivity (Wildman–Crippen MR) is 55.9 cm³/mol. The van der Waals surface area contributed by atoms with Gasteiger partial charge in [0, 0.05) is 25.0 Å². The minimum absolute atomic E-state index is 0.203. The van der Waals surface area contributed by atoms with Gasteiger partial charge in [-0.1, -0.05) is 13.8 Å². The maximum absolute atomic E-state index is 11.9. The molecule has 1 amide bonds. The smallest absolute Gasteiger partial charge is 0.225 e. The summed E-state index contributed by atoms with van der Waals surface area (Å²) in [5.41, 5.74) is 0. The Balaban J connectivity index is 1.92. The van der Waals surface area contributed by atoms with Gasteiger partial charge >= 0.3 is 0 Å². The van der Waals surface area contributed by atoms with Crippen molar-refractivity contribution in [2.75, 3.05) is 19.6 Å². The summed E-state index contributed by atoms with van der Waals surface area (Å²) in [7, 11) is 0. The number of nitrogens with one attached hydrogen (secondary N) is 1. The van der Waals surface area contributed by atoms with Crippen molar-refractivity contribution in [3.05, 3.63) is 0 Å². The van der Waals surface area contributed by atoms with Crippen LogP contribution in [0, 0.1) is 11.8 Å². The summed E-state index contributed by atoms with van der Waals surface area (Å²) in [5, 5.41) is 3.47. The van der Waals surface area contributed by atoms with Crippen molar-refractivity contribution in [3.63, 3.8) is 0 Å². The van der Waals surface area contributed by atoms with E-state index in [1.54, 1.807) is 0 Å². The molecule has 1 unspecified atom stereocenters. The van der Waals surface area contributed by atoms with Crippen LogP contribution in [0.25, 0.3) is 0 Å². The van der Waals surface area contributed by atoms with Crippen molar-refractivity contribution in [2.24, 2.45) is 11.8 Å². The quantitative estimate of drug-likeness (QED) is 0.710. The number of fused-ring (bicyclic) bond motifs is 1. The minimum atomic E-state index is 0.203. The number of likely N-dealkylation sites (tertiary alicyclic amines) is 1. The third-order valence-corrected chi connectivity index (χ3v) is 3.71. The second-order valence-corrected chi connectivity index (χ2v) is 4.66. The Kier molecular flexibility index (Phi) is 2.77. The van der Waals surface area contributed by atoms with Crippen LogP contribution in [-0.2, 0) is 4.79 Å². The maximum Gasteiger partial charge on any atom is 0.225 e. The molecule has 2 fully saturated rings. The fourth-order valence-corrected chi connectivity index (χ4v) is 2.52. The van der Waals surface area contributed by atoms with Gasteiger partial charge < -0.3 is 10.2 Å². The molecule has 2 aliphatic heterocycles. The summed E-state index contributed by atoms with van der Waals surface area (Å²) in [4.78, 5) is 14.0. The first-order valence-electron chi connectivity index (χ1n) is 5.74. The van der Waals surface area contributed by atoms with Crippen LogP contribution in [0.2, 0.25) is 0 Å². The summed E-state index contributed by atoms with van der Waals surface area (Å²) in [6, 6.07) is 0.586. The molecule has 2 heterocycles. The molecule has 0 radical (unpaired) electrons. The van der Waals surface area contributed by atoms with Gasteiger partial charge in [-0.3, -0.25) is 4.79 Å². The van der Waals surface area contributed by atoms with Crippen LogP contribution in [0.5, 0.6) is 0 Å². The molecule has 0 aromatic carbocycles. The van der Waals surface area contributed by atoms with Gasteiger partial charge in [-0.2, -0.15) is 0 Å². The molecule has 0 aliphatic carbocycles. The molecule has 0 aromatic heterocycles. The van der Waals surface area contributed by atoms with Gasteiger partial charge in [0.15, 0.2) is 0 Å². The second-order valence-electron chi connectivity index (χ2n) is 4.66. The van der Waals surface area contributed by atoms with Gasteiger partial charge in [0.2, 0.25) is 5.91 Å². The molecular formula is C11H20N2O. The van der Waals surface area contributed by atoms with E-state index in [2.05, 4.69) is 17.1 Å². The highest BCUT2D eigenvalue weighted by atomic mass is 16.2. The molecule has 0 saturated carbocycles. The van der Waals surface area contributed by atoms with Crippen molar-refractivity contribution in [2.45, 2.75) is 32.7 Å². The number of nitrogens with zero attached hydrogens (tertiary/aromatic N) is 1. The lowest BCUT2D eigenvalue weighted by atomic mass is 10.1. The number of hydrogen-bond donors (Lipinski definition) is 1. The van der Waals surface area contributed by atoms with Gasteiger partial charge in [0.25, 0.3) is 0 Å². The van der Waals surface area contributed by atoms with Gasteiger partial charge in [0.05, 0.1) is 0 Å². The van der Waals surface area contributed by atoms with E-state index in [1.165, 1.54) is 6.42 Å². The van der Waals surface area contributed by atoms with Gasteiger partial charge in [-0.05, 0) is 25.3 Å².